The number of carbonyl (C=O) groups is 1. The molecular formula is C19H29N3O. The lowest BCUT2D eigenvalue weighted by Gasteiger charge is -2.35. The maximum Gasteiger partial charge on any atom is 0.255 e. The summed E-state index contributed by atoms with van der Waals surface area (Å²) in [5, 5.41) is 0. The van der Waals surface area contributed by atoms with Crippen molar-refractivity contribution in [1.82, 2.24) is 9.88 Å². The molecule has 0 aliphatic carbocycles. The topological polar surface area (TPSA) is 36.4 Å². The normalized spacial score (nSPS) is 25.5. The van der Waals surface area contributed by atoms with Crippen LogP contribution in [0.1, 0.15) is 62.7 Å². The number of nitrogens with zero attached hydrogens (tertiary/aromatic N) is 3. The van der Waals surface area contributed by atoms with E-state index in [0.717, 1.165) is 56.2 Å². The zero-order valence-corrected chi connectivity index (χ0v) is 14.5. The van der Waals surface area contributed by atoms with E-state index in [0.29, 0.717) is 6.04 Å². The van der Waals surface area contributed by atoms with Crippen LogP contribution in [-0.2, 0) is 0 Å². The number of amides is 1. The first-order chi connectivity index (χ1) is 11.2. The van der Waals surface area contributed by atoms with E-state index in [4.69, 9.17) is 0 Å². The van der Waals surface area contributed by atoms with Gasteiger partial charge in [0.15, 0.2) is 0 Å². The van der Waals surface area contributed by atoms with Crippen LogP contribution in [0.5, 0.6) is 0 Å². The Hall–Kier alpha value is -1.58. The second kappa shape index (κ2) is 7.33. The van der Waals surface area contributed by atoms with Gasteiger partial charge in [-0.15, -0.1) is 0 Å². The number of pyridine rings is 1. The maximum absolute atomic E-state index is 12.8. The third kappa shape index (κ3) is 3.67. The number of hydrogen-bond donors (Lipinski definition) is 0. The fourth-order valence-corrected chi connectivity index (χ4v) is 3.96. The highest BCUT2D eigenvalue weighted by molar-refractivity contribution is 5.94. The smallest absolute Gasteiger partial charge is 0.255 e. The lowest BCUT2D eigenvalue weighted by molar-refractivity contribution is 0.0607. The third-order valence-corrected chi connectivity index (χ3v) is 5.34. The lowest BCUT2D eigenvalue weighted by atomic mass is 9.99. The van der Waals surface area contributed by atoms with Crippen LogP contribution in [0.2, 0.25) is 0 Å². The van der Waals surface area contributed by atoms with Gasteiger partial charge in [0.25, 0.3) is 5.91 Å². The minimum Gasteiger partial charge on any atom is -0.356 e. The summed E-state index contributed by atoms with van der Waals surface area (Å²) in [6.45, 7) is 7.52. The Kier molecular flexibility index (Phi) is 5.19. The molecule has 0 aromatic carbocycles. The van der Waals surface area contributed by atoms with Crippen LogP contribution in [0, 0.1) is 5.92 Å². The summed E-state index contributed by atoms with van der Waals surface area (Å²) in [5.74, 6) is 1.90. The molecule has 3 heterocycles. The highest BCUT2D eigenvalue weighted by Gasteiger charge is 2.26. The molecule has 0 spiro atoms. The molecule has 0 N–H and O–H groups in total. The highest BCUT2D eigenvalue weighted by atomic mass is 16.2. The summed E-state index contributed by atoms with van der Waals surface area (Å²) in [7, 11) is 0. The van der Waals surface area contributed by atoms with Crippen molar-refractivity contribution in [2.75, 3.05) is 24.5 Å². The maximum atomic E-state index is 12.8. The quantitative estimate of drug-likeness (QED) is 0.853. The van der Waals surface area contributed by atoms with Crippen molar-refractivity contribution < 1.29 is 4.79 Å². The average molecular weight is 315 g/mol. The Balaban J connectivity index is 1.70. The summed E-state index contributed by atoms with van der Waals surface area (Å²) in [6.07, 6.45) is 8.86. The van der Waals surface area contributed by atoms with E-state index in [1.807, 2.05) is 12.1 Å². The van der Waals surface area contributed by atoms with Crippen LogP contribution in [0.25, 0.3) is 0 Å². The molecule has 2 unspecified atom stereocenters. The molecule has 2 saturated heterocycles. The van der Waals surface area contributed by atoms with E-state index >= 15 is 0 Å². The van der Waals surface area contributed by atoms with Crippen LogP contribution in [0.15, 0.2) is 18.3 Å². The van der Waals surface area contributed by atoms with Crippen LogP contribution in [-0.4, -0.2) is 41.5 Å². The first-order valence-electron chi connectivity index (χ1n) is 9.21. The molecule has 1 aromatic rings. The van der Waals surface area contributed by atoms with E-state index in [-0.39, 0.29) is 5.91 Å². The Bertz CT molecular complexity index is 528. The number of hydrogen-bond acceptors (Lipinski definition) is 3. The summed E-state index contributed by atoms with van der Waals surface area (Å²) < 4.78 is 0. The SMILES string of the molecule is CCC1CCCCN1C(=O)c1ccc(N2CCCC(C)C2)nc1. The van der Waals surface area contributed by atoms with Crippen molar-refractivity contribution in [2.24, 2.45) is 5.92 Å². The van der Waals surface area contributed by atoms with E-state index in [2.05, 4.69) is 28.6 Å². The molecule has 0 bridgehead atoms. The molecule has 0 saturated carbocycles. The van der Waals surface area contributed by atoms with Crippen LogP contribution >= 0.6 is 0 Å². The van der Waals surface area contributed by atoms with Gasteiger partial charge in [0.05, 0.1) is 5.56 Å². The molecule has 1 amide bonds. The highest BCUT2D eigenvalue weighted by Crippen LogP contribution is 2.24. The van der Waals surface area contributed by atoms with Crippen molar-refractivity contribution in [1.29, 1.82) is 0 Å². The van der Waals surface area contributed by atoms with Crippen LogP contribution < -0.4 is 4.90 Å². The summed E-state index contributed by atoms with van der Waals surface area (Å²) in [5.41, 5.74) is 0.735. The van der Waals surface area contributed by atoms with Crippen LogP contribution in [0.3, 0.4) is 0 Å². The number of carbonyl (C=O) groups excluding carboxylic acids is 1. The molecule has 23 heavy (non-hydrogen) atoms. The van der Waals surface area contributed by atoms with Gasteiger partial charge in [-0.2, -0.15) is 0 Å². The molecule has 1 aromatic heterocycles. The first-order valence-corrected chi connectivity index (χ1v) is 9.21. The Morgan fingerprint density at radius 3 is 2.78 bits per heavy atom. The van der Waals surface area contributed by atoms with Gasteiger partial charge in [0.1, 0.15) is 5.82 Å². The van der Waals surface area contributed by atoms with Crippen molar-refractivity contribution >= 4 is 11.7 Å². The molecular weight excluding hydrogens is 286 g/mol. The molecule has 2 aliphatic heterocycles. The summed E-state index contributed by atoms with van der Waals surface area (Å²) >= 11 is 0. The Morgan fingerprint density at radius 2 is 2.09 bits per heavy atom. The van der Waals surface area contributed by atoms with Gasteiger partial charge in [0.2, 0.25) is 0 Å². The molecule has 2 fully saturated rings. The largest absolute Gasteiger partial charge is 0.356 e. The van der Waals surface area contributed by atoms with E-state index in [1.54, 1.807) is 6.20 Å². The van der Waals surface area contributed by atoms with Crippen molar-refractivity contribution in [3.05, 3.63) is 23.9 Å². The molecule has 3 rings (SSSR count). The van der Waals surface area contributed by atoms with E-state index in [9.17, 15) is 4.79 Å². The predicted molar refractivity (Wildman–Crippen MR) is 93.8 cm³/mol. The number of likely N-dealkylation sites (tertiary alicyclic amines) is 1. The molecule has 2 aliphatic rings. The minimum atomic E-state index is 0.155. The fourth-order valence-electron chi connectivity index (χ4n) is 3.96. The van der Waals surface area contributed by atoms with Crippen molar-refractivity contribution in [3.63, 3.8) is 0 Å². The Morgan fingerprint density at radius 1 is 1.22 bits per heavy atom. The molecule has 4 heteroatoms. The zero-order chi connectivity index (χ0) is 16.2. The summed E-state index contributed by atoms with van der Waals surface area (Å²) in [6, 6.07) is 4.39. The standard InChI is InChI=1S/C19H29N3O/c1-3-17-8-4-5-12-22(17)19(23)16-9-10-18(20-13-16)21-11-6-7-15(2)14-21/h9-10,13,15,17H,3-8,11-12,14H2,1-2H3. The van der Waals surface area contributed by atoms with Gasteiger partial charge < -0.3 is 9.80 Å². The van der Waals surface area contributed by atoms with Gasteiger partial charge in [-0.05, 0) is 56.6 Å². The van der Waals surface area contributed by atoms with Crippen molar-refractivity contribution in [3.8, 4) is 0 Å². The zero-order valence-electron chi connectivity index (χ0n) is 14.5. The van der Waals surface area contributed by atoms with E-state index < -0.39 is 0 Å². The van der Waals surface area contributed by atoms with Crippen LogP contribution in [0.4, 0.5) is 5.82 Å². The lowest BCUT2D eigenvalue weighted by Crippen LogP contribution is -2.43. The van der Waals surface area contributed by atoms with Gasteiger partial charge in [-0.3, -0.25) is 4.79 Å². The number of aromatic nitrogens is 1. The van der Waals surface area contributed by atoms with Gasteiger partial charge in [-0.25, -0.2) is 4.98 Å². The first kappa shape index (κ1) is 16.3. The second-order valence-electron chi connectivity index (χ2n) is 7.15. The number of anilines is 1. The molecule has 0 radical (unpaired) electrons. The molecule has 126 valence electrons. The van der Waals surface area contributed by atoms with Crippen molar-refractivity contribution in [2.45, 2.75) is 58.4 Å². The Labute approximate surface area is 139 Å². The second-order valence-corrected chi connectivity index (χ2v) is 7.15. The number of rotatable bonds is 3. The average Bonchev–Trinajstić information content (AvgIpc) is 2.61. The monoisotopic (exact) mass is 315 g/mol. The predicted octanol–water partition coefficient (Wildman–Crippen LogP) is 3.72. The third-order valence-electron chi connectivity index (χ3n) is 5.34. The molecule has 4 nitrogen and oxygen atoms in total. The number of piperidine rings is 2. The van der Waals surface area contributed by atoms with Gasteiger partial charge in [-0.1, -0.05) is 13.8 Å². The fraction of sp³-hybridized carbons (Fsp3) is 0.684. The van der Waals surface area contributed by atoms with E-state index in [1.165, 1.54) is 19.3 Å². The van der Waals surface area contributed by atoms with Gasteiger partial charge in [0, 0.05) is 31.9 Å². The minimum absolute atomic E-state index is 0.155. The summed E-state index contributed by atoms with van der Waals surface area (Å²) in [4.78, 5) is 21.8. The molecule has 2 atom stereocenters. The van der Waals surface area contributed by atoms with Gasteiger partial charge >= 0.3 is 0 Å².